The molecule has 1 atom stereocenters. The van der Waals surface area contributed by atoms with Crippen LogP contribution in [0.3, 0.4) is 0 Å². The van der Waals surface area contributed by atoms with Crippen LogP contribution < -0.4 is 10.6 Å². The summed E-state index contributed by atoms with van der Waals surface area (Å²) in [6, 6.07) is -0.823. The Morgan fingerprint density at radius 3 is 2.35 bits per heavy atom. The smallest absolute Gasteiger partial charge is 0.407 e. The number of hydrogen-bond donors (Lipinski definition) is 2. The van der Waals surface area contributed by atoms with Gasteiger partial charge in [0.05, 0.1) is 6.04 Å². The van der Waals surface area contributed by atoms with E-state index in [-0.39, 0.29) is 0 Å². The van der Waals surface area contributed by atoms with Crippen molar-refractivity contribution in [3.8, 4) is 0 Å². The van der Waals surface area contributed by atoms with Crippen LogP contribution in [0.4, 0.5) is 13.6 Å². The van der Waals surface area contributed by atoms with Crippen molar-refractivity contribution in [3.05, 3.63) is 0 Å². The molecule has 0 spiro atoms. The molecular weight excluding hydrogens is 230 g/mol. The van der Waals surface area contributed by atoms with Crippen molar-refractivity contribution in [3.63, 3.8) is 0 Å². The van der Waals surface area contributed by atoms with Crippen LogP contribution in [0.2, 0.25) is 0 Å². The summed E-state index contributed by atoms with van der Waals surface area (Å²) in [5.41, 5.74) is -0.521. The Kier molecular flexibility index (Phi) is 7.03. The minimum absolute atomic E-state index is 0.401. The first-order chi connectivity index (χ1) is 7.72. The second-order valence-electron chi connectivity index (χ2n) is 4.86. The van der Waals surface area contributed by atoms with Crippen molar-refractivity contribution in [1.82, 2.24) is 10.6 Å². The number of nitrogens with one attached hydrogen (secondary N) is 2. The zero-order chi connectivity index (χ0) is 13.5. The maximum Gasteiger partial charge on any atom is 0.407 e. The third kappa shape index (κ3) is 9.99. The molecule has 17 heavy (non-hydrogen) atoms. The molecule has 0 aromatic rings. The van der Waals surface area contributed by atoms with E-state index < -0.39 is 24.2 Å². The fraction of sp³-hybridized carbons (Fsp3) is 0.909. The van der Waals surface area contributed by atoms with Gasteiger partial charge in [-0.25, -0.2) is 13.6 Å². The largest absolute Gasteiger partial charge is 0.444 e. The van der Waals surface area contributed by atoms with Gasteiger partial charge < -0.3 is 15.4 Å². The molecule has 0 radical (unpaired) electrons. The average Bonchev–Trinajstić information content (AvgIpc) is 2.13. The Balaban J connectivity index is 3.49. The van der Waals surface area contributed by atoms with Crippen molar-refractivity contribution >= 4 is 6.09 Å². The molecule has 102 valence electrons. The van der Waals surface area contributed by atoms with E-state index in [2.05, 4.69) is 10.6 Å². The van der Waals surface area contributed by atoms with Crippen LogP contribution in [0.25, 0.3) is 0 Å². The van der Waals surface area contributed by atoms with Crippen LogP contribution in [-0.4, -0.2) is 37.3 Å². The van der Waals surface area contributed by atoms with E-state index in [1.807, 2.05) is 0 Å². The van der Waals surface area contributed by atoms with Crippen molar-refractivity contribution in [2.24, 2.45) is 0 Å². The monoisotopic (exact) mass is 252 g/mol. The summed E-state index contributed by atoms with van der Waals surface area (Å²) < 4.78 is 29.2. The van der Waals surface area contributed by atoms with Gasteiger partial charge in [-0.15, -0.1) is 0 Å². The summed E-state index contributed by atoms with van der Waals surface area (Å²) in [4.78, 5) is 11.2. The summed E-state index contributed by atoms with van der Waals surface area (Å²) in [6.45, 7) is 7.58. The molecule has 0 fully saturated rings. The molecule has 6 heteroatoms. The van der Waals surface area contributed by atoms with E-state index in [1.165, 1.54) is 6.92 Å². The normalized spacial score (nSPS) is 13.6. The molecule has 0 saturated carbocycles. The molecule has 0 aromatic carbocycles. The molecular formula is C11H22F2N2O2. The first-order valence-electron chi connectivity index (χ1n) is 5.71. The molecule has 0 heterocycles. The Morgan fingerprint density at radius 1 is 1.29 bits per heavy atom. The van der Waals surface area contributed by atoms with E-state index >= 15 is 0 Å². The van der Waals surface area contributed by atoms with E-state index in [4.69, 9.17) is 4.74 Å². The molecule has 4 nitrogen and oxygen atoms in total. The standard InChI is InChI=1S/C11H22F2N2O2/c1-8(9(12)13)14-6-5-7-15-10(16)17-11(2,3)4/h8-9,14H,5-7H2,1-4H3,(H,15,16). The van der Waals surface area contributed by atoms with Crippen LogP contribution >= 0.6 is 0 Å². The lowest BCUT2D eigenvalue weighted by molar-refractivity contribution is 0.0526. The van der Waals surface area contributed by atoms with Crippen LogP contribution in [0.1, 0.15) is 34.1 Å². The molecule has 2 N–H and O–H groups in total. The third-order valence-corrected chi connectivity index (χ3v) is 1.87. The molecule has 0 aliphatic carbocycles. The van der Waals surface area contributed by atoms with E-state index in [1.54, 1.807) is 20.8 Å². The second-order valence-corrected chi connectivity index (χ2v) is 4.86. The molecule has 1 amide bonds. The number of carbonyl (C=O) groups excluding carboxylic acids is 1. The summed E-state index contributed by atoms with van der Waals surface area (Å²) in [7, 11) is 0. The minimum Gasteiger partial charge on any atom is -0.444 e. The Bertz CT molecular complexity index is 230. The number of ether oxygens (including phenoxy) is 1. The highest BCUT2D eigenvalue weighted by atomic mass is 19.3. The highest BCUT2D eigenvalue weighted by Crippen LogP contribution is 2.06. The first kappa shape index (κ1) is 16.1. The van der Waals surface area contributed by atoms with Gasteiger partial charge in [0.25, 0.3) is 6.43 Å². The van der Waals surface area contributed by atoms with E-state index in [0.29, 0.717) is 19.5 Å². The van der Waals surface area contributed by atoms with E-state index in [9.17, 15) is 13.6 Å². The molecule has 0 saturated heterocycles. The molecule has 0 rings (SSSR count). The number of alkyl carbamates (subject to hydrolysis) is 1. The Morgan fingerprint density at radius 2 is 1.88 bits per heavy atom. The van der Waals surface area contributed by atoms with E-state index in [0.717, 1.165) is 0 Å². The zero-order valence-corrected chi connectivity index (χ0v) is 10.8. The lowest BCUT2D eigenvalue weighted by Crippen LogP contribution is -2.36. The van der Waals surface area contributed by atoms with Crippen molar-refractivity contribution in [2.45, 2.75) is 52.2 Å². The SMILES string of the molecule is CC(NCCCNC(=O)OC(C)(C)C)C(F)F. The summed E-state index contributed by atoms with van der Waals surface area (Å²) in [5.74, 6) is 0. The van der Waals surface area contributed by atoms with Crippen LogP contribution in [0.15, 0.2) is 0 Å². The number of rotatable bonds is 6. The van der Waals surface area contributed by atoms with Gasteiger partial charge in [-0.3, -0.25) is 0 Å². The number of halogens is 2. The number of hydrogen-bond acceptors (Lipinski definition) is 3. The maximum atomic E-state index is 12.1. The molecule has 0 aromatic heterocycles. The Labute approximate surface area is 101 Å². The van der Waals surface area contributed by atoms with Gasteiger partial charge in [-0.1, -0.05) is 0 Å². The predicted molar refractivity (Wildman–Crippen MR) is 62.3 cm³/mol. The number of alkyl halides is 2. The van der Waals surface area contributed by atoms with Crippen LogP contribution in [-0.2, 0) is 4.74 Å². The van der Waals surface area contributed by atoms with Crippen molar-refractivity contribution in [1.29, 1.82) is 0 Å². The van der Waals surface area contributed by atoms with Gasteiger partial charge in [-0.05, 0) is 40.7 Å². The highest BCUT2D eigenvalue weighted by Gasteiger charge is 2.15. The molecule has 0 bridgehead atoms. The zero-order valence-electron chi connectivity index (χ0n) is 10.8. The maximum absolute atomic E-state index is 12.1. The van der Waals surface area contributed by atoms with Gasteiger partial charge in [0.1, 0.15) is 5.60 Å². The predicted octanol–water partition coefficient (Wildman–Crippen LogP) is 2.14. The van der Waals surface area contributed by atoms with Crippen LogP contribution in [0.5, 0.6) is 0 Å². The summed E-state index contributed by atoms with van der Waals surface area (Å²) >= 11 is 0. The fourth-order valence-corrected chi connectivity index (χ4v) is 1.01. The van der Waals surface area contributed by atoms with Gasteiger partial charge in [0.15, 0.2) is 0 Å². The topological polar surface area (TPSA) is 50.4 Å². The average molecular weight is 252 g/mol. The van der Waals surface area contributed by atoms with Gasteiger partial charge in [0.2, 0.25) is 0 Å². The minimum atomic E-state index is -2.37. The van der Waals surface area contributed by atoms with Crippen molar-refractivity contribution < 1.29 is 18.3 Å². The Hall–Kier alpha value is -0.910. The highest BCUT2D eigenvalue weighted by molar-refractivity contribution is 5.67. The first-order valence-corrected chi connectivity index (χ1v) is 5.71. The van der Waals surface area contributed by atoms with Crippen molar-refractivity contribution in [2.75, 3.05) is 13.1 Å². The molecule has 1 unspecified atom stereocenters. The number of amides is 1. The van der Waals surface area contributed by atoms with Gasteiger partial charge in [0, 0.05) is 6.54 Å². The quantitative estimate of drug-likeness (QED) is 0.712. The molecule has 0 aliphatic rings. The fourth-order valence-electron chi connectivity index (χ4n) is 1.01. The van der Waals surface area contributed by atoms with Gasteiger partial charge >= 0.3 is 6.09 Å². The second kappa shape index (κ2) is 7.42. The van der Waals surface area contributed by atoms with Gasteiger partial charge in [-0.2, -0.15) is 0 Å². The lowest BCUT2D eigenvalue weighted by atomic mass is 10.2. The summed E-state index contributed by atoms with van der Waals surface area (Å²) in [6.07, 6.45) is -2.27. The summed E-state index contributed by atoms with van der Waals surface area (Å²) in [5, 5.41) is 5.22. The molecule has 0 aliphatic heterocycles. The number of carbonyl (C=O) groups is 1. The third-order valence-electron chi connectivity index (χ3n) is 1.87. The lowest BCUT2D eigenvalue weighted by Gasteiger charge is -2.19. The van der Waals surface area contributed by atoms with Crippen LogP contribution in [0, 0.1) is 0 Å².